The summed E-state index contributed by atoms with van der Waals surface area (Å²) in [5, 5.41) is 7.69. The highest BCUT2D eigenvalue weighted by Crippen LogP contribution is 2.47. The van der Waals surface area contributed by atoms with Crippen molar-refractivity contribution in [1.29, 1.82) is 0 Å². The van der Waals surface area contributed by atoms with Crippen molar-refractivity contribution in [3.8, 4) is 23.0 Å². The van der Waals surface area contributed by atoms with Gasteiger partial charge in [-0.05, 0) is 81.4 Å². The Balaban J connectivity index is 0.903. The van der Waals surface area contributed by atoms with Crippen LogP contribution in [0, 0.1) is 0 Å². The molecule has 76 heavy (non-hydrogen) atoms. The van der Waals surface area contributed by atoms with E-state index in [4.69, 9.17) is 24.9 Å². The molecule has 3 aliphatic rings. The fraction of sp³-hybridized carbons (Fsp3) is 0.0308. The summed E-state index contributed by atoms with van der Waals surface area (Å²) in [4.78, 5) is 31.9. The molecule has 0 spiro atoms. The summed E-state index contributed by atoms with van der Waals surface area (Å²) in [6, 6.07) is 84.0. The summed E-state index contributed by atoms with van der Waals surface area (Å²) >= 11 is 0. The van der Waals surface area contributed by atoms with E-state index in [1.165, 1.54) is 31.5 Å². The van der Waals surface area contributed by atoms with Crippen LogP contribution in [0.25, 0.3) is 72.7 Å². The minimum absolute atomic E-state index is 0.127. The predicted molar refractivity (Wildman–Crippen MR) is 310 cm³/mol. The molecular formula is C65H44N10Si. The van der Waals surface area contributed by atoms with Crippen LogP contribution in [-0.4, -0.2) is 59.6 Å². The molecule has 11 heteroatoms. The molecule has 0 radical (unpaired) electrons. The van der Waals surface area contributed by atoms with Gasteiger partial charge in [0.15, 0.2) is 13.9 Å². The number of para-hydroxylation sites is 8. The molecule has 2 unspecified atom stereocenters. The van der Waals surface area contributed by atoms with Crippen LogP contribution in [0.2, 0.25) is 0 Å². The average molecular weight is 993 g/mol. The SMILES string of the molecule is C1=CC2N=C3N(c4nc(-c5cccc(-n6c7ccccc7c7ccccc76)c5)nc(-n5c6ccccc6n6c7ccccc7nc56)n4)c4ccccc4N3C2C=C1[Si](c1ccccc1)(c1ccccc1)c1ccccc1. The lowest BCUT2D eigenvalue weighted by Gasteiger charge is -2.38. The number of hydrogen-bond acceptors (Lipinski definition) is 7. The molecule has 2 aliphatic heterocycles. The second kappa shape index (κ2) is 16.5. The van der Waals surface area contributed by atoms with Gasteiger partial charge in [-0.15, -0.1) is 0 Å². The van der Waals surface area contributed by atoms with E-state index < -0.39 is 8.07 Å². The summed E-state index contributed by atoms with van der Waals surface area (Å²) in [5.74, 6) is 2.90. The molecule has 2 atom stereocenters. The maximum atomic E-state index is 5.63. The van der Waals surface area contributed by atoms with Crippen LogP contribution >= 0.6 is 0 Å². The van der Waals surface area contributed by atoms with Gasteiger partial charge >= 0.3 is 0 Å². The quantitative estimate of drug-likeness (QED) is 0.111. The van der Waals surface area contributed by atoms with Crippen LogP contribution in [0.4, 0.5) is 17.3 Å². The second-order valence-electron chi connectivity index (χ2n) is 19.7. The number of imidazole rings is 2. The lowest BCUT2D eigenvalue weighted by molar-refractivity contribution is 0.738. The van der Waals surface area contributed by atoms with Crippen LogP contribution in [-0.2, 0) is 0 Å². The topological polar surface area (TPSA) is 84.7 Å². The van der Waals surface area contributed by atoms with E-state index in [2.05, 4.69) is 272 Å². The van der Waals surface area contributed by atoms with E-state index in [1.807, 2.05) is 6.07 Å². The fourth-order valence-electron chi connectivity index (χ4n) is 12.5. The smallest absolute Gasteiger partial charge is 0.242 e. The van der Waals surface area contributed by atoms with Gasteiger partial charge in [0.2, 0.25) is 23.6 Å². The Morgan fingerprint density at radius 3 is 1.68 bits per heavy atom. The van der Waals surface area contributed by atoms with E-state index in [-0.39, 0.29) is 12.1 Å². The number of anilines is 3. The third-order valence-electron chi connectivity index (χ3n) is 15.6. The van der Waals surface area contributed by atoms with Gasteiger partial charge in [-0.3, -0.25) is 4.40 Å². The van der Waals surface area contributed by atoms with Crippen molar-refractivity contribution >= 4 is 96.6 Å². The molecule has 0 N–H and O–H groups in total. The molecule has 16 rings (SSSR count). The monoisotopic (exact) mass is 992 g/mol. The maximum Gasteiger partial charge on any atom is 0.242 e. The lowest BCUT2D eigenvalue weighted by Crippen LogP contribution is -2.69. The van der Waals surface area contributed by atoms with Crippen LogP contribution in [0.1, 0.15) is 0 Å². The van der Waals surface area contributed by atoms with E-state index in [0.717, 1.165) is 61.7 Å². The fourth-order valence-corrected chi connectivity index (χ4v) is 17.3. The largest absolute Gasteiger partial charge is 0.309 e. The molecule has 0 saturated carbocycles. The van der Waals surface area contributed by atoms with Gasteiger partial charge in [-0.2, -0.15) is 15.0 Å². The molecule has 0 amide bonds. The van der Waals surface area contributed by atoms with Gasteiger partial charge in [-0.25, -0.2) is 19.4 Å². The highest BCUT2D eigenvalue weighted by atomic mass is 28.3. The van der Waals surface area contributed by atoms with E-state index in [1.54, 1.807) is 0 Å². The molecule has 0 bridgehead atoms. The minimum Gasteiger partial charge on any atom is -0.309 e. The number of guanidine groups is 1. The van der Waals surface area contributed by atoms with Crippen LogP contribution < -0.4 is 25.4 Å². The number of rotatable bonds is 8. The zero-order chi connectivity index (χ0) is 49.9. The van der Waals surface area contributed by atoms with Crippen molar-refractivity contribution in [3.63, 3.8) is 0 Å². The lowest BCUT2D eigenvalue weighted by atomic mass is 10.0. The van der Waals surface area contributed by atoms with E-state index >= 15 is 0 Å². The maximum absolute atomic E-state index is 5.63. The second-order valence-corrected chi connectivity index (χ2v) is 23.5. The molecule has 10 nitrogen and oxygen atoms in total. The number of aromatic nitrogens is 7. The molecule has 0 saturated heterocycles. The molecule has 358 valence electrons. The van der Waals surface area contributed by atoms with Gasteiger partial charge < -0.3 is 9.47 Å². The Hall–Kier alpha value is -9.97. The van der Waals surface area contributed by atoms with Crippen LogP contribution in [0.5, 0.6) is 0 Å². The van der Waals surface area contributed by atoms with Crippen LogP contribution in [0.15, 0.2) is 265 Å². The third kappa shape index (κ3) is 6.11. The summed E-state index contributed by atoms with van der Waals surface area (Å²) in [7, 11) is -2.86. The summed E-state index contributed by atoms with van der Waals surface area (Å²) in [5.41, 5.74) is 9.90. The Morgan fingerprint density at radius 2 is 1.00 bits per heavy atom. The first-order valence-corrected chi connectivity index (χ1v) is 27.8. The molecule has 13 aromatic rings. The third-order valence-corrected chi connectivity index (χ3v) is 20.4. The number of nitrogens with zero attached hydrogens (tertiary/aromatic N) is 10. The first-order valence-electron chi connectivity index (χ1n) is 25.8. The van der Waals surface area contributed by atoms with Gasteiger partial charge in [0.1, 0.15) is 0 Å². The number of hydrogen-bond donors (Lipinski definition) is 0. The first-order chi connectivity index (χ1) is 37.7. The van der Waals surface area contributed by atoms with E-state index in [9.17, 15) is 0 Å². The van der Waals surface area contributed by atoms with Gasteiger partial charge in [0.05, 0.1) is 56.6 Å². The molecule has 9 aromatic carbocycles. The number of allylic oxidation sites excluding steroid dienone is 2. The van der Waals surface area contributed by atoms with Crippen molar-refractivity contribution in [3.05, 3.63) is 260 Å². The van der Waals surface area contributed by atoms with Crippen molar-refractivity contribution in [2.45, 2.75) is 12.1 Å². The normalized spacial score (nSPS) is 15.9. The molecule has 1 aliphatic carbocycles. The Bertz CT molecular complexity index is 4420. The summed E-state index contributed by atoms with van der Waals surface area (Å²) in [6.07, 6.45) is 7.19. The first kappa shape index (κ1) is 42.5. The van der Waals surface area contributed by atoms with Crippen molar-refractivity contribution in [2.75, 3.05) is 9.80 Å². The number of benzene rings is 9. The molecular weight excluding hydrogens is 949 g/mol. The molecule has 0 fully saturated rings. The standard InChI is InChI=1S/C65H44N10Si/c1-4-23-45(24-5-1)76(46-25-6-2-7-26-46,47-27-8-3-9-28-47)48-39-40-52-60(42-48)73-57-36-17-19-38-59(57)75(65(73)67-52)63-69-61(43-21-20-22-44(41-43)71-53-32-13-10-29-49(53)50-30-11-14-33-54(50)71)68-62(70-63)74-58-37-18-16-35-56(58)72-55-34-15-12-31-51(55)66-64(72)74/h1-42,52,60H. The Kier molecular flexibility index (Phi) is 9.24. The van der Waals surface area contributed by atoms with Gasteiger partial charge in [-0.1, -0.05) is 194 Å². The summed E-state index contributed by atoms with van der Waals surface area (Å²) < 4.78 is 6.62. The Labute approximate surface area is 437 Å². The number of fused-ring (bicyclic) bond motifs is 13. The predicted octanol–water partition coefficient (Wildman–Crippen LogP) is 11.7. The van der Waals surface area contributed by atoms with Gasteiger partial charge in [0.25, 0.3) is 0 Å². The minimum atomic E-state index is -2.86. The number of aliphatic imine (C=N–C) groups is 1. The summed E-state index contributed by atoms with van der Waals surface area (Å²) in [6.45, 7) is 0. The van der Waals surface area contributed by atoms with Crippen LogP contribution in [0.3, 0.4) is 0 Å². The highest BCUT2D eigenvalue weighted by molar-refractivity contribution is 7.16. The van der Waals surface area contributed by atoms with E-state index in [0.29, 0.717) is 23.5 Å². The zero-order valence-corrected chi connectivity index (χ0v) is 41.9. The van der Waals surface area contributed by atoms with Gasteiger partial charge in [0, 0.05) is 22.0 Å². The highest BCUT2D eigenvalue weighted by Gasteiger charge is 2.50. The van der Waals surface area contributed by atoms with Crippen molar-refractivity contribution in [2.24, 2.45) is 4.99 Å². The van der Waals surface area contributed by atoms with Crippen molar-refractivity contribution < 1.29 is 0 Å². The molecule has 6 heterocycles. The van der Waals surface area contributed by atoms with Crippen molar-refractivity contribution in [1.82, 2.24) is 33.5 Å². The zero-order valence-electron chi connectivity index (χ0n) is 40.9. The average Bonchev–Trinajstić information content (AvgIpc) is 4.37. The Morgan fingerprint density at radius 1 is 0.434 bits per heavy atom. The molecule has 4 aromatic heterocycles.